The fraction of sp³-hybridized carbons (Fsp3) is 0. The molecule has 0 aromatic rings. The summed E-state index contributed by atoms with van der Waals surface area (Å²) in [6.45, 7) is 0. The Morgan fingerprint density at radius 3 is 0.750 bits per heavy atom. The molecule has 0 rings (SSSR count). The van der Waals surface area contributed by atoms with Gasteiger partial charge in [-0.2, -0.15) is 0 Å². The Morgan fingerprint density at radius 2 is 0.750 bits per heavy atom. The van der Waals surface area contributed by atoms with Crippen molar-refractivity contribution >= 4 is 26.2 Å². The first-order chi connectivity index (χ1) is 0. The predicted molar refractivity (Wildman–Crippen MR) is 9.94 cm³/mol. The standard InChI is InChI=1S/Bi.2Cu.Mo.3H. The van der Waals surface area contributed by atoms with Gasteiger partial charge in [0.25, 0.3) is 0 Å². The van der Waals surface area contributed by atoms with E-state index in [1.165, 1.54) is 0 Å². The van der Waals surface area contributed by atoms with E-state index < -0.39 is 0 Å². The van der Waals surface area contributed by atoms with Gasteiger partial charge in [-0.05, 0) is 0 Å². The maximum absolute atomic E-state index is 0. The second kappa shape index (κ2) is 17.5. The van der Waals surface area contributed by atoms with Crippen LogP contribution in [0.1, 0.15) is 0 Å². The van der Waals surface area contributed by atoms with Gasteiger partial charge < -0.3 is 0 Å². The molecule has 0 amide bonds. The number of rotatable bonds is 0. The molecule has 0 bridgehead atoms. The summed E-state index contributed by atoms with van der Waals surface area (Å²) in [5, 5.41) is 0. The summed E-state index contributed by atoms with van der Waals surface area (Å²) in [5.74, 6) is 0. The summed E-state index contributed by atoms with van der Waals surface area (Å²) < 4.78 is 0. The van der Waals surface area contributed by atoms with Gasteiger partial charge >= 0.3 is 26.2 Å². The average Bonchev–Trinajstić information content (AvgIpc) is 0. The third-order valence-electron chi connectivity index (χ3n) is 0. The Hall–Kier alpha value is 2.61. The molecule has 0 aliphatic carbocycles. The number of hydrogen-bond acceptors (Lipinski definition) is 0. The smallest absolute Gasteiger partial charge is 0 e. The van der Waals surface area contributed by atoms with E-state index in [0.717, 1.165) is 0 Å². The van der Waals surface area contributed by atoms with E-state index in [0.29, 0.717) is 0 Å². The Bertz CT molecular complexity index is 6.00. The summed E-state index contributed by atoms with van der Waals surface area (Å²) >= 11 is 0. The normalized spacial score (nSPS) is 0. The molecule has 36 valence electrons. The molecule has 0 aliphatic heterocycles. The minimum Gasteiger partial charge on any atom is 0 e. The molecule has 0 N–H and O–H groups in total. The summed E-state index contributed by atoms with van der Waals surface area (Å²) in [5.41, 5.74) is 0. The van der Waals surface area contributed by atoms with Crippen LogP contribution in [0.5, 0.6) is 0 Å². The monoisotopic (exact) mass is 436 g/mol. The van der Waals surface area contributed by atoms with Crippen molar-refractivity contribution in [3.05, 3.63) is 0 Å². The molecule has 4 heteroatoms. The second-order valence-corrected chi connectivity index (χ2v) is 0. The third kappa shape index (κ3) is 8.82. The van der Waals surface area contributed by atoms with Gasteiger partial charge in [0.1, 0.15) is 0 Å². The SMILES string of the molecule is [BiH3].[Cu].[Cu].[Mo]. The molecular formula is H3BiCu2Mo. The van der Waals surface area contributed by atoms with Gasteiger partial charge in [-0.3, -0.25) is 0 Å². The van der Waals surface area contributed by atoms with E-state index in [2.05, 4.69) is 0 Å². The van der Waals surface area contributed by atoms with Crippen LogP contribution in [0.25, 0.3) is 0 Å². The Morgan fingerprint density at radius 1 is 0.750 bits per heavy atom. The second-order valence-electron chi connectivity index (χ2n) is 0. The molecule has 4 heavy (non-hydrogen) atoms. The van der Waals surface area contributed by atoms with Crippen molar-refractivity contribution in [2.75, 3.05) is 0 Å². The van der Waals surface area contributed by atoms with Crippen LogP contribution in [-0.2, 0) is 55.2 Å². The minimum absolute atomic E-state index is 0. The van der Waals surface area contributed by atoms with Crippen LogP contribution in [0, 0.1) is 0 Å². The largest absolute Gasteiger partial charge is 0 e. The van der Waals surface area contributed by atoms with Crippen LogP contribution >= 0.6 is 0 Å². The van der Waals surface area contributed by atoms with Crippen molar-refractivity contribution in [2.45, 2.75) is 0 Å². The zero-order valence-corrected chi connectivity index (χ0v) is 11.1. The molecule has 0 aliphatic rings. The molecule has 0 fully saturated rings. The zero-order valence-electron chi connectivity index (χ0n) is 1.72. The van der Waals surface area contributed by atoms with Crippen LogP contribution in [0.4, 0.5) is 0 Å². The van der Waals surface area contributed by atoms with Gasteiger partial charge in [-0.15, -0.1) is 0 Å². The third-order valence-corrected chi connectivity index (χ3v) is 0. The molecule has 0 saturated carbocycles. The fourth-order valence-corrected chi connectivity index (χ4v) is 0. The van der Waals surface area contributed by atoms with E-state index in [4.69, 9.17) is 0 Å². The summed E-state index contributed by atoms with van der Waals surface area (Å²) in [7, 11) is 0. The van der Waals surface area contributed by atoms with Crippen LogP contribution in [0.3, 0.4) is 0 Å². The summed E-state index contributed by atoms with van der Waals surface area (Å²) in [6.07, 6.45) is 0. The van der Waals surface area contributed by atoms with E-state index in [-0.39, 0.29) is 81.4 Å². The van der Waals surface area contributed by atoms with Crippen molar-refractivity contribution < 1.29 is 55.2 Å². The van der Waals surface area contributed by atoms with Crippen molar-refractivity contribution in [1.29, 1.82) is 0 Å². The summed E-state index contributed by atoms with van der Waals surface area (Å²) in [4.78, 5) is 0. The van der Waals surface area contributed by atoms with Gasteiger partial charge in [-0.1, -0.05) is 0 Å². The Balaban J connectivity index is 0. The predicted octanol–water partition coefficient (Wildman–Crippen LogP) is -1.19. The van der Waals surface area contributed by atoms with Gasteiger partial charge in [0.15, 0.2) is 0 Å². The van der Waals surface area contributed by atoms with E-state index in [1.807, 2.05) is 0 Å². The molecule has 0 saturated heterocycles. The Kier molecular flexibility index (Phi) is 134. The van der Waals surface area contributed by atoms with Crippen molar-refractivity contribution in [3.63, 3.8) is 0 Å². The molecule has 0 unspecified atom stereocenters. The zero-order chi connectivity index (χ0) is 0. The van der Waals surface area contributed by atoms with Crippen LogP contribution < -0.4 is 0 Å². The quantitative estimate of drug-likeness (QED) is 0.421. The topological polar surface area (TPSA) is 0 Å². The van der Waals surface area contributed by atoms with Gasteiger partial charge in [0.05, 0.1) is 0 Å². The summed E-state index contributed by atoms with van der Waals surface area (Å²) in [6, 6.07) is 0. The van der Waals surface area contributed by atoms with Crippen LogP contribution in [0.2, 0.25) is 0 Å². The maximum Gasteiger partial charge on any atom is 0 e. The minimum atomic E-state index is 0. The molecule has 0 atom stereocenters. The molecule has 0 nitrogen and oxygen atoms in total. The molecule has 0 spiro atoms. The van der Waals surface area contributed by atoms with Crippen molar-refractivity contribution in [3.8, 4) is 0 Å². The van der Waals surface area contributed by atoms with Crippen molar-refractivity contribution in [1.82, 2.24) is 0 Å². The molecule has 0 aromatic carbocycles. The molecule has 2 radical (unpaired) electrons. The van der Waals surface area contributed by atoms with Gasteiger partial charge in [0, 0.05) is 55.2 Å². The first-order valence-corrected chi connectivity index (χ1v) is 0. The number of hydrogen-bond donors (Lipinski definition) is 0. The average molecular weight is 435 g/mol. The fourth-order valence-electron chi connectivity index (χ4n) is 0. The Labute approximate surface area is 80.2 Å². The molecule has 0 heterocycles. The van der Waals surface area contributed by atoms with E-state index in [1.54, 1.807) is 0 Å². The van der Waals surface area contributed by atoms with E-state index in [9.17, 15) is 0 Å². The van der Waals surface area contributed by atoms with Crippen LogP contribution in [-0.4, -0.2) is 26.2 Å². The van der Waals surface area contributed by atoms with E-state index >= 15 is 0 Å². The van der Waals surface area contributed by atoms with Crippen molar-refractivity contribution in [2.24, 2.45) is 0 Å². The maximum atomic E-state index is 0. The molecular weight excluding hydrogens is 432 g/mol. The first kappa shape index (κ1) is 30.5. The van der Waals surface area contributed by atoms with Crippen LogP contribution in [0.15, 0.2) is 0 Å². The van der Waals surface area contributed by atoms with Gasteiger partial charge in [0.2, 0.25) is 0 Å². The first-order valence-electron chi connectivity index (χ1n) is 0. The van der Waals surface area contributed by atoms with Gasteiger partial charge in [-0.25, -0.2) is 0 Å². The molecule has 0 aromatic heterocycles.